The maximum Gasteiger partial charge on any atom is 0.326 e. The van der Waals surface area contributed by atoms with Crippen LogP contribution in [0.5, 0.6) is 0 Å². The smallest absolute Gasteiger partial charge is 0.326 e. The zero-order valence-corrected chi connectivity index (χ0v) is 12.1. The van der Waals surface area contributed by atoms with Crippen molar-refractivity contribution in [1.29, 1.82) is 0 Å². The number of carboxylic acid groups (broad SMARTS) is 1. The number of carboxylic acids is 1. The SMILES string of the molecule is CCCN(CCC)C(=O)N[C@H](C(=O)O)C(C)(C)C. The summed E-state index contributed by atoms with van der Waals surface area (Å²) in [4.78, 5) is 24.9. The topological polar surface area (TPSA) is 69.6 Å². The van der Waals surface area contributed by atoms with Gasteiger partial charge in [0.05, 0.1) is 0 Å². The average Bonchev–Trinajstić information content (AvgIpc) is 2.23. The monoisotopic (exact) mass is 258 g/mol. The maximum atomic E-state index is 12.0. The Morgan fingerprint density at radius 2 is 1.61 bits per heavy atom. The first-order valence-electron chi connectivity index (χ1n) is 6.52. The number of carbonyl (C=O) groups is 2. The van der Waals surface area contributed by atoms with Gasteiger partial charge in [0.15, 0.2) is 0 Å². The summed E-state index contributed by atoms with van der Waals surface area (Å²) in [7, 11) is 0. The van der Waals surface area contributed by atoms with E-state index in [9.17, 15) is 9.59 Å². The molecule has 0 saturated heterocycles. The summed E-state index contributed by atoms with van der Waals surface area (Å²) in [6, 6.07) is -1.16. The summed E-state index contributed by atoms with van der Waals surface area (Å²) in [6.45, 7) is 10.7. The number of hydrogen-bond acceptors (Lipinski definition) is 2. The van der Waals surface area contributed by atoms with E-state index in [1.165, 1.54) is 0 Å². The zero-order valence-electron chi connectivity index (χ0n) is 12.1. The molecule has 2 N–H and O–H groups in total. The van der Waals surface area contributed by atoms with E-state index in [1.54, 1.807) is 25.7 Å². The fourth-order valence-electron chi connectivity index (χ4n) is 1.72. The summed E-state index contributed by atoms with van der Waals surface area (Å²) < 4.78 is 0. The summed E-state index contributed by atoms with van der Waals surface area (Å²) >= 11 is 0. The summed E-state index contributed by atoms with van der Waals surface area (Å²) in [5, 5.41) is 11.8. The Hall–Kier alpha value is -1.26. The van der Waals surface area contributed by atoms with Gasteiger partial charge in [-0.15, -0.1) is 0 Å². The van der Waals surface area contributed by atoms with E-state index in [0.29, 0.717) is 13.1 Å². The van der Waals surface area contributed by atoms with Gasteiger partial charge in [0.2, 0.25) is 0 Å². The second-order valence-corrected chi connectivity index (χ2v) is 5.57. The normalized spacial score (nSPS) is 12.9. The molecule has 5 heteroatoms. The lowest BCUT2D eigenvalue weighted by molar-refractivity contribution is -0.142. The summed E-state index contributed by atoms with van der Waals surface area (Å²) in [6.07, 6.45) is 1.72. The quantitative estimate of drug-likeness (QED) is 0.768. The molecule has 0 fully saturated rings. The third-order valence-corrected chi connectivity index (χ3v) is 2.66. The number of rotatable bonds is 6. The molecule has 0 heterocycles. The highest BCUT2D eigenvalue weighted by Gasteiger charge is 2.33. The van der Waals surface area contributed by atoms with Crippen LogP contribution in [0, 0.1) is 5.41 Å². The first-order chi connectivity index (χ1) is 8.23. The van der Waals surface area contributed by atoms with Crippen LogP contribution in [0.3, 0.4) is 0 Å². The molecule has 0 spiro atoms. The van der Waals surface area contributed by atoms with E-state index in [2.05, 4.69) is 5.32 Å². The largest absolute Gasteiger partial charge is 0.480 e. The Kier molecular flexibility index (Phi) is 6.73. The third-order valence-electron chi connectivity index (χ3n) is 2.66. The van der Waals surface area contributed by atoms with Gasteiger partial charge in [0, 0.05) is 13.1 Å². The molecule has 106 valence electrons. The van der Waals surface area contributed by atoms with Gasteiger partial charge in [-0.3, -0.25) is 0 Å². The van der Waals surface area contributed by atoms with Crippen molar-refractivity contribution in [3.05, 3.63) is 0 Å². The number of nitrogens with zero attached hydrogens (tertiary/aromatic N) is 1. The fraction of sp³-hybridized carbons (Fsp3) is 0.846. The maximum absolute atomic E-state index is 12.0. The van der Waals surface area contributed by atoms with Gasteiger partial charge in [-0.05, 0) is 18.3 Å². The Bertz CT molecular complexity index is 278. The van der Waals surface area contributed by atoms with Crippen molar-refractivity contribution in [3.8, 4) is 0 Å². The molecule has 5 nitrogen and oxygen atoms in total. The number of carbonyl (C=O) groups excluding carboxylic acids is 1. The number of hydrogen-bond donors (Lipinski definition) is 2. The average molecular weight is 258 g/mol. The minimum absolute atomic E-state index is 0.291. The molecule has 0 aliphatic carbocycles. The van der Waals surface area contributed by atoms with Crippen molar-refractivity contribution in [2.24, 2.45) is 5.41 Å². The van der Waals surface area contributed by atoms with Crippen LogP contribution in [-0.4, -0.2) is 41.1 Å². The predicted octanol–water partition coefficient (Wildman–Crippen LogP) is 2.32. The molecule has 0 aromatic carbocycles. The zero-order chi connectivity index (χ0) is 14.3. The first kappa shape index (κ1) is 16.7. The van der Waals surface area contributed by atoms with Crippen LogP contribution in [0.1, 0.15) is 47.5 Å². The molecule has 0 aromatic heterocycles. The van der Waals surface area contributed by atoms with E-state index in [4.69, 9.17) is 5.11 Å². The first-order valence-corrected chi connectivity index (χ1v) is 6.52. The van der Waals surface area contributed by atoms with Crippen LogP contribution in [0.25, 0.3) is 0 Å². The molecule has 0 bridgehead atoms. The Morgan fingerprint density at radius 3 is 1.89 bits per heavy atom. The lowest BCUT2D eigenvalue weighted by Crippen LogP contribution is -2.53. The molecule has 18 heavy (non-hydrogen) atoms. The Labute approximate surface area is 110 Å². The van der Waals surface area contributed by atoms with Crippen molar-refractivity contribution in [2.75, 3.05) is 13.1 Å². The molecule has 0 rings (SSSR count). The molecule has 1 atom stereocenters. The van der Waals surface area contributed by atoms with Crippen molar-refractivity contribution < 1.29 is 14.7 Å². The highest BCUT2D eigenvalue weighted by atomic mass is 16.4. The molecular weight excluding hydrogens is 232 g/mol. The number of aliphatic carboxylic acids is 1. The van der Waals surface area contributed by atoms with Crippen LogP contribution in [-0.2, 0) is 4.79 Å². The number of nitrogens with one attached hydrogen (secondary N) is 1. The minimum Gasteiger partial charge on any atom is -0.480 e. The van der Waals surface area contributed by atoms with Gasteiger partial charge in [0.1, 0.15) is 6.04 Å². The van der Waals surface area contributed by atoms with E-state index in [-0.39, 0.29) is 6.03 Å². The fourth-order valence-corrected chi connectivity index (χ4v) is 1.72. The van der Waals surface area contributed by atoms with Crippen molar-refractivity contribution in [1.82, 2.24) is 10.2 Å². The highest BCUT2D eigenvalue weighted by Crippen LogP contribution is 2.19. The molecule has 0 radical (unpaired) electrons. The highest BCUT2D eigenvalue weighted by molar-refractivity contribution is 5.83. The second kappa shape index (κ2) is 7.24. The van der Waals surface area contributed by atoms with Crippen LogP contribution in [0.2, 0.25) is 0 Å². The number of amides is 2. The van der Waals surface area contributed by atoms with Crippen molar-refractivity contribution in [3.63, 3.8) is 0 Å². The Balaban J connectivity index is 4.71. The lowest BCUT2D eigenvalue weighted by Gasteiger charge is -2.31. The van der Waals surface area contributed by atoms with Gasteiger partial charge in [-0.25, -0.2) is 9.59 Å². The third kappa shape index (κ3) is 5.38. The van der Waals surface area contributed by atoms with Gasteiger partial charge < -0.3 is 15.3 Å². The lowest BCUT2D eigenvalue weighted by atomic mass is 9.87. The van der Waals surface area contributed by atoms with Crippen LogP contribution < -0.4 is 5.32 Å². The molecule has 0 aliphatic rings. The van der Waals surface area contributed by atoms with E-state index in [0.717, 1.165) is 12.8 Å². The van der Waals surface area contributed by atoms with Crippen molar-refractivity contribution in [2.45, 2.75) is 53.5 Å². The van der Waals surface area contributed by atoms with Crippen molar-refractivity contribution >= 4 is 12.0 Å². The number of urea groups is 1. The molecule has 0 aliphatic heterocycles. The summed E-state index contributed by atoms with van der Waals surface area (Å²) in [5.41, 5.74) is -0.508. The molecule has 0 aromatic rings. The Morgan fingerprint density at radius 1 is 1.17 bits per heavy atom. The van der Waals surface area contributed by atoms with E-state index >= 15 is 0 Å². The minimum atomic E-state index is -0.996. The van der Waals surface area contributed by atoms with Gasteiger partial charge in [-0.1, -0.05) is 34.6 Å². The second-order valence-electron chi connectivity index (χ2n) is 5.57. The van der Waals surface area contributed by atoms with Gasteiger partial charge in [-0.2, -0.15) is 0 Å². The molecule has 0 unspecified atom stereocenters. The van der Waals surface area contributed by atoms with Crippen LogP contribution in [0.4, 0.5) is 4.79 Å². The molecular formula is C13H26N2O3. The molecule has 2 amide bonds. The van der Waals surface area contributed by atoms with Gasteiger partial charge in [0.25, 0.3) is 0 Å². The van der Waals surface area contributed by atoms with E-state index in [1.807, 2.05) is 13.8 Å². The summed E-state index contributed by atoms with van der Waals surface area (Å²) in [5.74, 6) is -0.996. The van der Waals surface area contributed by atoms with E-state index < -0.39 is 17.4 Å². The predicted molar refractivity (Wildman–Crippen MR) is 71.6 cm³/mol. The van der Waals surface area contributed by atoms with Gasteiger partial charge >= 0.3 is 12.0 Å². The van der Waals surface area contributed by atoms with Crippen LogP contribution in [0.15, 0.2) is 0 Å². The van der Waals surface area contributed by atoms with Crippen LogP contribution >= 0.6 is 0 Å². The standard InChI is InChI=1S/C13H26N2O3/c1-6-8-15(9-7-2)12(18)14-10(11(16)17)13(3,4)5/h10H,6-9H2,1-5H3,(H,14,18)(H,16,17)/t10-/m1/s1. The molecule has 0 saturated carbocycles.